The molecule has 0 spiro atoms. The van der Waals surface area contributed by atoms with Gasteiger partial charge in [-0.15, -0.1) is 11.3 Å². The third kappa shape index (κ3) is 2.89. The van der Waals surface area contributed by atoms with Gasteiger partial charge in [0, 0.05) is 10.9 Å². The van der Waals surface area contributed by atoms with Crippen LogP contribution in [0.2, 0.25) is 4.34 Å². The lowest BCUT2D eigenvalue weighted by Gasteiger charge is -2.14. The number of hydrogen-bond acceptors (Lipinski definition) is 2. The third-order valence-corrected chi connectivity index (χ3v) is 4.21. The van der Waals surface area contributed by atoms with E-state index in [1.807, 2.05) is 13.1 Å². The molecule has 2 rings (SSSR count). The Morgan fingerprint density at radius 1 is 1.18 bits per heavy atom. The van der Waals surface area contributed by atoms with Crippen molar-refractivity contribution in [3.05, 3.63) is 46.3 Å². The summed E-state index contributed by atoms with van der Waals surface area (Å²) >= 11 is 7.56. The molecule has 1 heterocycles. The van der Waals surface area contributed by atoms with Crippen molar-refractivity contribution in [2.45, 2.75) is 19.4 Å². The molecule has 0 fully saturated rings. The molecule has 1 aromatic carbocycles. The van der Waals surface area contributed by atoms with E-state index >= 15 is 0 Å². The lowest BCUT2D eigenvalue weighted by molar-refractivity contribution is 0.577. The predicted octanol–water partition coefficient (Wildman–Crippen LogP) is 4.74. The van der Waals surface area contributed by atoms with Crippen LogP contribution in [0.5, 0.6) is 0 Å². The molecule has 1 unspecified atom stereocenters. The van der Waals surface area contributed by atoms with Crippen LogP contribution in [0, 0.1) is 0 Å². The van der Waals surface area contributed by atoms with Gasteiger partial charge in [-0.1, -0.05) is 42.8 Å². The molecule has 2 aromatic rings. The molecule has 0 saturated heterocycles. The van der Waals surface area contributed by atoms with E-state index in [0.29, 0.717) is 6.04 Å². The van der Waals surface area contributed by atoms with Gasteiger partial charge in [0.05, 0.1) is 4.34 Å². The summed E-state index contributed by atoms with van der Waals surface area (Å²) < 4.78 is 0.839. The largest absolute Gasteiger partial charge is 0.313 e. The minimum atomic E-state index is 0.441. The minimum absolute atomic E-state index is 0.441. The highest BCUT2D eigenvalue weighted by atomic mass is 35.5. The highest BCUT2D eigenvalue weighted by Gasteiger charge is 2.07. The monoisotopic (exact) mass is 265 g/mol. The predicted molar refractivity (Wildman–Crippen MR) is 76.9 cm³/mol. The molecule has 90 valence electrons. The van der Waals surface area contributed by atoms with Gasteiger partial charge in [-0.25, -0.2) is 0 Å². The molecular weight excluding hydrogens is 250 g/mol. The maximum absolute atomic E-state index is 5.95. The second-order valence-corrected chi connectivity index (χ2v) is 5.69. The Bertz CT molecular complexity index is 471. The van der Waals surface area contributed by atoms with E-state index in [4.69, 9.17) is 11.6 Å². The standard InChI is InChI=1S/C14H16ClNS/c1-3-12(16-2)10-4-6-11(7-5-10)13-8-9-14(15)17-13/h4-9,12,16H,3H2,1-2H3. The smallest absolute Gasteiger partial charge is 0.0934 e. The summed E-state index contributed by atoms with van der Waals surface area (Å²) in [5.74, 6) is 0. The van der Waals surface area contributed by atoms with Crippen LogP contribution >= 0.6 is 22.9 Å². The van der Waals surface area contributed by atoms with Crippen molar-refractivity contribution in [1.29, 1.82) is 0 Å². The van der Waals surface area contributed by atoms with Gasteiger partial charge in [-0.3, -0.25) is 0 Å². The molecule has 1 N–H and O–H groups in total. The molecule has 3 heteroatoms. The first-order valence-electron chi connectivity index (χ1n) is 5.77. The Labute approximate surface area is 111 Å². The maximum Gasteiger partial charge on any atom is 0.0934 e. The van der Waals surface area contributed by atoms with Crippen molar-refractivity contribution in [1.82, 2.24) is 5.32 Å². The summed E-state index contributed by atoms with van der Waals surface area (Å²) in [6.07, 6.45) is 1.10. The van der Waals surface area contributed by atoms with Gasteiger partial charge in [-0.05, 0) is 36.7 Å². The number of benzene rings is 1. The molecule has 0 bridgehead atoms. The first-order valence-corrected chi connectivity index (χ1v) is 6.97. The Hall–Kier alpha value is -0.830. The zero-order valence-corrected chi connectivity index (χ0v) is 11.6. The fraction of sp³-hybridized carbons (Fsp3) is 0.286. The fourth-order valence-corrected chi connectivity index (χ4v) is 3.00. The van der Waals surface area contributed by atoms with Crippen LogP contribution in [-0.2, 0) is 0 Å². The second-order valence-electron chi connectivity index (χ2n) is 3.98. The Morgan fingerprint density at radius 2 is 1.88 bits per heavy atom. The highest BCUT2D eigenvalue weighted by molar-refractivity contribution is 7.19. The molecule has 1 aromatic heterocycles. The van der Waals surface area contributed by atoms with Crippen molar-refractivity contribution in [3.63, 3.8) is 0 Å². The van der Waals surface area contributed by atoms with Crippen LogP contribution in [0.1, 0.15) is 24.9 Å². The van der Waals surface area contributed by atoms with Gasteiger partial charge in [0.2, 0.25) is 0 Å². The highest BCUT2D eigenvalue weighted by Crippen LogP contribution is 2.31. The first-order chi connectivity index (χ1) is 8.24. The van der Waals surface area contributed by atoms with Crippen molar-refractivity contribution < 1.29 is 0 Å². The maximum atomic E-state index is 5.95. The second kappa shape index (κ2) is 5.67. The molecule has 17 heavy (non-hydrogen) atoms. The summed E-state index contributed by atoms with van der Waals surface area (Å²) in [5, 5.41) is 3.31. The molecule has 1 atom stereocenters. The average Bonchev–Trinajstić information content (AvgIpc) is 2.78. The van der Waals surface area contributed by atoms with E-state index in [0.717, 1.165) is 10.8 Å². The Morgan fingerprint density at radius 3 is 2.35 bits per heavy atom. The molecule has 0 aliphatic rings. The van der Waals surface area contributed by atoms with E-state index in [1.54, 1.807) is 11.3 Å². The lowest BCUT2D eigenvalue weighted by atomic mass is 10.0. The van der Waals surface area contributed by atoms with Gasteiger partial charge >= 0.3 is 0 Å². The van der Waals surface area contributed by atoms with Gasteiger partial charge in [0.25, 0.3) is 0 Å². The van der Waals surface area contributed by atoms with Gasteiger partial charge in [-0.2, -0.15) is 0 Å². The van der Waals surface area contributed by atoms with E-state index in [2.05, 4.69) is 42.6 Å². The van der Waals surface area contributed by atoms with E-state index < -0.39 is 0 Å². The van der Waals surface area contributed by atoms with E-state index in [-0.39, 0.29) is 0 Å². The zero-order valence-electron chi connectivity index (χ0n) is 10.0. The molecule has 1 nitrogen and oxygen atoms in total. The quantitative estimate of drug-likeness (QED) is 0.842. The SMILES string of the molecule is CCC(NC)c1ccc(-c2ccc(Cl)s2)cc1. The van der Waals surface area contributed by atoms with Crippen molar-refractivity contribution in [3.8, 4) is 10.4 Å². The van der Waals surface area contributed by atoms with Crippen LogP contribution in [0.15, 0.2) is 36.4 Å². The Kier molecular flexibility index (Phi) is 4.21. The molecule has 0 radical (unpaired) electrons. The fourth-order valence-electron chi connectivity index (χ4n) is 1.96. The molecule has 0 saturated carbocycles. The minimum Gasteiger partial charge on any atom is -0.313 e. The van der Waals surface area contributed by atoms with Gasteiger partial charge in [0.15, 0.2) is 0 Å². The van der Waals surface area contributed by atoms with Gasteiger partial charge in [0.1, 0.15) is 0 Å². The van der Waals surface area contributed by atoms with Crippen LogP contribution < -0.4 is 5.32 Å². The average molecular weight is 266 g/mol. The zero-order chi connectivity index (χ0) is 12.3. The lowest BCUT2D eigenvalue weighted by Crippen LogP contribution is -2.14. The topological polar surface area (TPSA) is 12.0 Å². The number of thiophene rings is 1. The number of halogens is 1. The van der Waals surface area contributed by atoms with Crippen LogP contribution in [0.4, 0.5) is 0 Å². The van der Waals surface area contributed by atoms with Gasteiger partial charge < -0.3 is 5.32 Å². The van der Waals surface area contributed by atoms with E-state index in [9.17, 15) is 0 Å². The van der Waals surface area contributed by atoms with Crippen LogP contribution in [0.25, 0.3) is 10.4 Å². The summed E-state index contributed by atoms with van der Waals surface area (Å²) in [7, 11) is 2.00. The third-order valence-electron chi connectivity index (χ3n) is 2.93. The molecule has 0 aliphatic carbocycles. The summed E-state index contributed by atoms with van der Waals surface area (Å²) in [6.45, 7) is 2.19. The number of rotatable bonds is 4. The first kappa shape index (κ1) is 12.6. The van der Waals surface area contributed by atoms with Crippen molar-refractivity contribution in [2.75, 3.05) is 7.05 Å². The number of nitrogens with one attached hydrogen (secondary N) is 1. The molecule has 0 aliphatic heterocycles. The summed E-state index contributed by atoms with van der Waals surface area (Å²) in [6, 6.07) is 13.2. The summed E-state index contributed by atoms with van der Waals surface area (Å²) in [4.78, 5) is 1.22. The van der Waals surface area contributed by atoms with Crippen molar-refractivity contribution >= 4 is 22.9 Å². The number of hydrogen-bond donors (Lipinski definition) is 1. The van der Waals surface area contributed by atoms with Crippen LogP contribution in [0.3, 0.4) is 0 Å². The summed E-state index contributed by atoms with van der Waals surface area (Å²) in [5.41, 5.74) is 2.57. The Balaban J connectivity index is 2.23. The normalized spacial score (nSPS) is 12.6. The van der Waals surface area contributed by atoms with Crippen LogP contribution in [-0.4, -0.2) is 7.05 Å². The van der Waals surface area contributed by atoms with E-state index in [1.165, 1.54) is 16.0 Å². The molecule has 0 amide bonds. The molecular formula is C14H16ClNS. The van der Waals surface area contributed by atoms with Crippen molar-refractivity contribution in [2.24, 2.45) is 0 Å².